The Morgan fingerprint density at radius 3 is 2.15 bits per heavy atom. The van der Waals surface area contributed by atoms with Crippen molar-refractivity contribution in [3.05, 3.63) is 118 Å². The molecule has 0 aliphatic carbocycles. The van der Waals surface area contributed by atoms with E-state index >= 15 is 0 Å². The van der Waals surface area contributed by atoms with Gasteiger partial charge >= 0.3 is 0 Å². The molecule has 0 saturated heterocycles. The molecule has 1 aliphatic heterocycles. The number of hydrogen-bond donors (Lipinski definition) is 2. The molecular weight excluding hydrogens is 450 g/mol. The van der Waals surface area contributed by atoms with Gasteiger partial charge in [0.25, 0.3) is 5.91 Å². The van der Waals surface area contributed by atoms with Crippen molar-refractivity contribution in [3.8, 4) is 17.2 Å². The van der Waals surface area contributed by atoms with Gasteiger partial charge in [0.2, 0.25) is 5.78 Å². The number of hydrogen-bond acceptors (Lipinski definition) is 6. The van der Waals surface area contributed by atoms with Crippen LogP contribution >= 0.6 is 11.3 Å². The van der Waals surface area contributed by atoms with Gasteiger partial charge < -0.3 is 14.9 Å². The van der Waals surface area contributed by atoms with Crippen molar-refractivity contribution in [2.45, 2.75) is 6.04 Å². The Morgan fingerprint density at radius 2 is 1.50 bits per heavy atom. The summed E-state index contributed by atoms with van der Waals surface area (Å²) in [6.45, 7) is 0. The normalized spacial score (nSPS) is 15.6. The number of Topliss-reactive ketones (excluding diaryl/α,β-unsaturated/α-hetero) is 1. The summed E-state index contributed by atoms with van der Waals surface area (Å²) < 4.78 is 5.83. The zero-order valence-electron chi connectivity index (χ0n) is 17.8. The largest absolute Gasteiger partial charge is 0.508 e. The van der Waals surface area contributed by atoms with Crippen molar-refractivity contribution >= 4 is 28.7 Å². The van der Waals surface area contributed by atoms with Crippen LogP contribution in [-0.4, -0.2) is 21.9 Å². The average Bonchev–Trinajstić information content (AvgIpc) is 3.48. The number of amides is 1. The topological polar surface area (TPSA) is 87.1 Å². The van der Waals surface area contributed by atoms with Crippen LogP contribution in [-0.2, 0) is 4.79 Å². The molecule has 0 fully saturated rings. The van der Waals surface area contributed by atoms with Gasteiger partial charge in [-0.05, 0) is 65.5 Å². The molecule has 0 bridgehead atoms. The van der Waals surface area contributed by atoms with Crippen molar-refractivity contribution in [3.63, 3.8) is 0 Å². The maximum Gasteiger partial charge on any atom is 0.294 e. The summed E-state index contributed by atoms with van der Waals surface area (Å²) in [5.74, 6) is -0.352. The zero-order valence-corrected chi connectivity index (χ0v) is 18.6. The van der Waals surface area contributed by atoms with Gasteiger partial charge in [-0.15, -0.1) is 11.3 Å². The number of thiophene rings is 1. The Morgan fingerprint density at radius 1 is 0.824 bits per heavy atom. The van der Waals surface area contributed by atoms with Crippen LogP contribution in [0.1, 0.15) is 21.3 Å². The van der Waals surface area contributed by atoms with Crippen molar-refractivity contribution in [2.24, 2.45) is 0 Å². The lowest BCUT2D eigenvalue weighted by Crippen LogP contribution is -2.30. The van der Waals surface area contributed by atoms with Crippen molar-refractivity contribution in [2.75, 3.05) is 4.90 Å². The van der Waals surface area contributed by atoms with Crippen LogP contribution in [0.4, 0.5) is 5.69 Å². The van der Waals surface area contributed by atoms with Crippen LogP contribution in [0, 0.1) is 0 Å². The zero-order chi connectivity index (χ0) is 23.7. The quantitative estimate of drug-likeness (QED) is 0.337. The van der Waals surface area contributed by atoms with Crippen LogP contribution in [0.5, 0.6) is 17.2 Å². The van der Waals surface area contributed by atoms with E-state index in [-0.39, 0.29) is 11.3 Å². The van der Waals surface area contributed by atoms with Gasteiger partial charge in [0.05, 0.1) is 16.5 Å². The van der Waals surface area contributed by atoms with Crippen LogP contribution in [0.15, 0.2) is 108 Å². The minimum atomic E-state index is -0.858. The molecule has 1 aliphatic rings. The molecule has 2 N–H and O–H groups in total. The van der Waals surface area contributed by atoms with E-state index in [2.05, 4.69) is 0 Å². The lowest BCUT2D eigenvalue weighted by Gasteiger charge is -2.27. The Labute approximate surface area is 199 Å². The van der Waals surface area contributed by atoms with E-state index in [1.165, 1.54) is 28.4 Å². The van der Waals surface area contributed by atoms with Crippen molar-refractivity contribution in [1.29, 1.82) is 0 Å². The number of rotatable bonds is 6. The number of para-hydroxylation sites is 1. The predicted molar refractivity (Wildman–Crippen MR) is 130 cm³/mol. The summed E-state index contributed by atoms with van der Waals surface area (Å²) in [5.41, 5.74) is 1.08. The molecular formula is C27H19NO5S. The molecule has 2 heterocycles. The fourth-order valence-electron chi connectivity index (χ4n) is 3.92. The molecule has 6 nitrogen and oxygen atoms in total. The fourth-order valence-corrected chi connectivity index (χ4v) is 4.59. The molecule has 0 spiro atoms. The highest BCUT2D eigenvalue weighted by Gasteiger charge is 2.44. The first kappa shape index (κ1) is 21.5. The maximum atomic E-state index is 13.3. The number of aromatic hydroxyl groups is 1. The molecule has 168 valence electrons. The van der Waals surface area contributed by atoms with E-state index in [1.54, 1.807) is 53.9 Å². The number of carbonyl (C=O) groups is 2. The molecule has 34 heavy (non-hydrogen) atoms. The molecule has 1 aromatic heterocycles. The highest BCUT2D eigenvalue weighted by molar-refractivity contribution is 7.12. The molecule has 4 aromatic rings. The number of aliphatic hydroxyl groups is 1. The van der Waals surface area contributed by atoms with E-state index in [9.17, 15) is 19.8 Å². The van der Waals surface area contributed by atoms with E-state index in [0.717, 1.165) is 0 Å². The van der Waals surface area contributed by atoms with E-state index < -0.39 is 23.5 Å². The molecule has 1 unspecified atom stereocenters. The smallest absolute Gasteiger partial charge is 0.294 e. The van der Waals surface area contributed by atoms with E-state index in [0.29, 0.717) is 27.6 Å². The first-order chi connectivity index (χ1) is 16.5. The summed E-state index contributed by atoms with van der Waals surface area (Å²) >= 11 is 1.24. The minimum absolute atomic E-state index is 0.00255. The Balaban J connectivity index is 1.53. The van der Waals surface area contributed by atoms with Gasteiger partial charge in [0.1, 0.15) is 17.2 Å². The van der Waals surface area contributed by atoms with Gasteiger partial charge in [-0.3, -0.25) is 14.5 Å². The summed E-state index contributed by atoms with van der Waals surface area (Å²) in [4.78, 5) is 28.3. The number of carbonyl (C=O) groups excluding carboxylic acids is 2. The number of ether oxygens (including phenoxy) is 1. The third-order valence-electron chi connectivity index (χ3n) is 5.50. The lowest BCUT2D eigenvalue weighted by atomic mass is 9.95. The van der Waals surface area contributed by atoms with Crippen LogP contribution in [0.3, 0.4) is 0 Å². The molecule has 0 radical (unpaired) electrons. The maximum absolute atomic E-state index is 13.3. The summed E-state index contributed by atoms with van der Waals surface area (Å²) in [5, 5.41) is 22.3. The second-order valence-corrected chi connectivity index (χ2v) is 8.59. The second-order valence-electron chi connectivity index (χ2n) is 7.65. The number of phenols is 1. The SMILES string of the molecule is O=C(C1=C(O)C(=O)N(c2ccc(Oc3ccccc3)cc2)C1c1ccc(O)cc1)c1cccs1. The minimum Gasteiger partial charge on any atom is -0.508 e. The number of benzene rings is 3. The standard InChI is InChI=1S/C27H19NO5S/c29-19-12-8-17(9-13-19)24-23(25(30)22-7-4-16-34-22)26(31)27(32)28(24)18-10-14-21(15-11-18)33-20-5-2-1-3-6-20/h1-16,24,29,31H. The van der Waals surface area contributed by atoms with Crippen molar-refractivity contribution < 1.29 is 24.5 Å². The first-order valence-electron chi connectivity index (χ1n) is 10.5. The Kier molecular flexibility index (Phi) is 5.61. The van der Waals surface area contributed by atoms with Crippen LogP contribution in [0.2, 0.25) is 0 Å². The van der Waals surface area contributed by atoms with Crippen LogP contribution in [0.25, 0.3) is 0 Å². The lowest BCUT2D eigenvalue weighted by molar-refractivity contribution is -0.117. The van der Waals surface area contributed by atoms with Gasteiger partial charge in [-0.1, -0.05) is 36.4 Å². The number of nitrogens with zero attached hydrogens (tertiary/aromatic N) is 1. The molecule has 7 heteroatoms. The fraction of sp³-hybridized carbons (Fsp3) is 0.0370. The molecule has 0 saturated carbocycles. The highest BCUT2D eigenvalue weighted by Crippen LogP contribution is 2.43. The van der Waals surface area contributed by atoms with Gasteiger partial charge in [0, 0.05) is 5.69 Å². The number of anilines is 1. The number of aliphatic hydroxyl groups excluding tert-OH is 1. The highest BCUT2D eigenvalue weighted by atomic mass is 32.1. The summed E-state index contributed by atoms with van der Waals surface area (Å²) in [6, 6.07) is 24.9. The third-order valence-corrected chi connectivity index (χ3v) is 6.37. The average molecular weight is 470 g/mol. The third kappa shape index (κ3) is 3.93. The second kappa shape index (κ2) is 8.88. The van der Waals surface area contributed by atoms with E-state index in [1.807, 2.05) is 30.3 Å². The Hall–Kier alpha value is -4.36. The van der Waals surface area contributed by atoms with E-state index in [4.69, 9.17) is 4.74 Å². The van der Waals surface area contributed by atoms with Gasteiger partial charge in [0.15, 0.2) is 5.76 Å². The molecule has 1 atom stereocenters. The summed E-state index contributed by atoms with van der Waals surface area (Å²) in [7, 11) is 0. The monoisotopic (exact) mass is 469 g/mol. The predicted octanol–water partition coefficient (Wildman–Crippen LogP) is 6.03. The molecule has 1 amide bonds. The summed E-state index contributed by atoms with van der Waals surface area (Å²) in [6.07, 6.45) is 0. The molecule has 3 aromatic carbocycles. The number of phenolic OH excluding ortho intramolecular Hbond substituents is 1. The van der Waals surface area contributed by atoms with Gasteiger partial charge in [-0.25, -0.2) is 0 Å². The van der Waals surface area contributed by atoms with Gasteiger partial charge in [-0.2, -0.15) is 0 Å². The first-order valence-corrected chi connectivity index (χ1v) is 11.4. The Bertz CT molecular complexity index is 1360. The number of ketones is 1. The van der Waals surface area contributed by atoms with Crippen molar-refractivity contribution in [1.82, 2.24) is 0 Å². The molecule has 5 rings (SSSR count). The van der Waals surface area contributed by atoms with Crippen LogP contribution < -0.4 is 9.64 Å².